The molecule has 6 N–H and O–H groups in total. The van der Waals surface area contributed by atoms with Crippen molar-refractivity contribution in [3.63, 3.8) is 0 Å². The minimum Gasteiger partial charge on any atom is -0.497 e. The summed E-state index contributed by atoms with van der Waals surface area (Å²) in [5, 5.41) is 8.77. The molecule has 0 fully saturated rings. The zero-order valence-electron chi connectivity index (χ0n) is 18.3. The van der Waals surface area contributed by atoms with Gasteiger partial charge in [-0.15, -0.1) is 0 Å². The van der Waals surface area contributed by atoms with E-state index in [9.17, 15) is 8.42 Å². The average molecular weight is 505 g/mol. The van der Waals surface area contributed by atoms with Crippen LogP contribution in [0.2, 0.25) is 0 Å². The van der Waals surface area contributed by atoms with E-state index in [4.69, 9.17) is 25.0 Å². The molecule has 0 saturated carbocycles. The Kier molecular flexibility index (Phi) is 7.33. The molecule has 34 heavy (non-hydrogen) atoms. The standard InChI is InChI=1S/C20H24N8O4S2/c1-31-13-4-5-14(15-3-2-10-32-15)16(11-13)33-20-27-17-18(21)24-12-25-19(17)28(20)9-8-23-6-7-26-34(22,29)30/h2-5,10-12,23,26H,6-9H2,1H3,(H2,21,24,25)(H2,22,29,30). The number of anilines is 1. The highest BCUT2D eigenvalue weighted by molar-refractivity contribution is 7.99. The molecule has 0 aliphatic carbocycles. The zero-order valence-corrected chi connectivity index (χ0v) is 19.9. The Labute approximate surface area is 200 Å². The lowest BCUT2D eigenvalue weighted by molar-refractivity contribution is 0.413. The molecule has 0 aliphatic rings. The van der Waals surface area contributed by atoms with E-state index in [1.165, 1.54) is 18.1 Å². The molecule has 0 radical (unpaired) electrons. The van der Waals surface area contributed by atoms with Crippen molar-refractivity contribution in [1.29, 1.82) is 0 Å². The molecule has 3 heterocycles. The van der Waals surface area contributed by atoms with Crippen LogP contribution in [-0.2, 0) is 16.8 Å². The first-order valence-corrected chi connectivity index (χ1v) is 12.6. The van der Waals surface area contributed by atoms with Crippen LogP contribution in [0, 0.1) is 0 Å². The molecule has 12 nitrogen and oxygen atoms in total. The van der Waals surface area contributed by atoms with Gasteiger partial charge >= 0.3 is 0 Å². The Hall–Kier alpha value is -3.17. The highest BCUT2D eigenvalue weighted by atomic mass is 32.2. The van der Waals surface area contributed by atoms with E-state index in [0.29, 0.717) is 41.7 Å². The fourth-order valence-electron chi connectivity index (χ4n) is 3.26. The van der Waals surface area contributed by atoms with Crippen LogP contribution in [-0.4, -0.2) is 54.7 Å². The Morgan fingerprint density at radius 1 is 1.21 bits per heavy atom. The van der Waals surface area contributed by atoms with E-state index >= 15 is 0 Å². The third-order valence-electron chi connectivity index (χ3n) is 4.82. The predicted octanol–water partition coefficient (Wildman–Crippen LogP) is 1.21. The summed E-state index contributed by atoms with van der Waals surface area (Å²) in [4.78, 5) is 14.0. The highest BCUT2D eigenvalue weighted by Crippen LogP contribution is 2.39. The highest BCUT2D eigenvalue weighted by Gasteiger charge is 2.19. The lowest BCUT2D eigenvalue weighted by Crippen LogP contribution is -2.36. The van der Waals surface area contributed by atoms with Crippen LogP contribution in [0.5, 0.6) is 5.75 Å². The molecule has 3 aromatic heterocycles. The van der Waals surface area contributed by atoms with Crippen LogP contribution >= 0.6 is 11.8 Å². The molecule has 14 heteroatoms. The summed E-state index contributed by atoms with van der Waals surface area (Å²) in [5.74, 6) is 1.70. The number of nitrogens with one attached hydrogen (secondary N) is 2. The average Bonchev–Trinajstić information content (AvgIpc) is 3.45. The molecule has 0 spiro atoms. The first-order chi connectivity index (χ1) is 16.4. The smallest absolute Gasteiger partial charge is 0.274 e. The number of hydrogen-bond donors (Lipinski definition) is 4. The topological polar surface area (TPSA) is 176 Å². The SMILES string of the molecule is COc1ccc(-c2ccco2)c(Sc2nc3c(N)ncnc3n2CCNCCNS(N)(=O)=O)c1. The van der Waals surface area contributed by atoms with Gasteiger partial charge in [-0.2, -0.15) is 8.42 Å². The summed E-state index contributed by atoms with van der Waals surface area (Å²) in [5.41, 5.74) is 8.05. The maximum Gasteiger partial charge on any atom is 0.274 e. The molecular weight excluding hydrogens is 480 g/mol. The van der Waals surface area contributed by atoms with Crippen LogP contribution in [0.15, 0.2) is 57.4 Å². The minimum atomic E-state index is -3.72. The quantitative estimate of drug-likeness (QED) is 0.217. The van der Waals surface area contributed by atoms with Crippen molar-refractivity contribution in [2.24, 2.45) is 5.14 Å². The van der Waals surface area contributed by atoms with E-state index < -0.39 is 10.2 Å². The van der Waals surface area contributed by atoms with Crippen molar-refractivity contribution in [2.75, 3.05) is 32.5 Å². The second-order valence-electron chi connectivity index (χ2n) is 7.11. The summed E-state index contributed by atoms with van der Waals surface area (Å²) in [6.45, 7) is 1.61. The first-order valence-electron chi connectivity index (χ1n) is 10.2. The molecule has 0 atom stereocenters. The molecular formula is C20H24N8O4S2. The number of methoxy groups -OCH3 is 1. The van der Waals surface area contributed by atoms with Crippen LogP contribution in [0.1, 0.15) is 0 Å². The summed E-state index contributed by atoms with van der Waals surface area (Å²) in [6.07, 6.45) is 3.02. The zero-order chi connectivity index (χ0) is 24.1. The monoisotopic (exact) mass is 504 g/mol. The van der Waals surface area contributed by atoms with E-state index in [1.807, 2.05) is 34.9 Å². The van der Waals surface area contributed by atoms with Crippen molar-refractivity contribution in [1.82, 2.24) is 29.6 Å². The maximum atomic E-state index is 11.0. The van der Waals surface area contributed by atoms with Crippen molar-refractivity contribution in [3.8, 4) is 17.1 Å². The molecule has 0 aliphatic heterocycles. The molecule has 0 unspecified atom stereocenters. The minimum absolute atomic E-state index is 0.177. The van der Waals surface area contributed by atoms with Crippen molar-refractivity contribution in [2.45, 2.75) is 16.6 Å². The second-order valence-corrected chi connectivity index (χ2v) is 9.50. The van der Waals surface area contributed by atoms with E-state index in [-0.39, 0.29) is 12.4 Å². The molecule has 180 valence electrons. The summed E-state index contributed by atoms with van der Waals surface area (Å²) < 4.78 is 37.2. The normalized spacial score (nSPS) is 11.8. The number of nitrogens with two attached hydrogens (primary N) is 2. The molecule has 4 aromatic rings. The summed E-state index contributed by atoms with van der Waals surface area (Å²) in [7, 11) is -2.11. The third-order valence-corrected chi connectivity index (χ3v) is 6.48. The van der Waals surface area contributed by atoms with Gasteiger partial charge in [0.25, 0.3) is 10.2 Å². The van der Waals surface area contributed by atoms with Crippen LogP contribution in [0.4, 0.5) is 5.82 Å². The Bertz CT molecular complexity index is 1370. The lowest BCUT2D eigenvalue weighted by Gasteiger charge is -2.12. The Morgan fingerprint density at radius 3 is 2.79 bits per heavy atom. The molecule has 0 amide bonds. The number of furan rings is 1. The first kappa shape index (κ1) is 24.0. The van der Waals surface area contributed by atoms with Crippen molar-refractivity contribution >= 4 is 39.0 Å². The van der Waals surface area contributed by atoms with Crippen molar-refractivity contribution in [3.05, 3.63) is 42.9 Å². The number of hydrogen-bond acceptors (Lipinski definition) is 10. The van der Waals surface area contributed by atoms with Gasteiger partial charge in [0.15, 0.2) is 22.1 Å². The summed E-state index contributed by atoms with van der Waals surface area (Å²) in [6, 6.07) is 9.43. The molecule has 0 saturated heterocycles. The van der Waals surface area contributed by atoms with Gasteiger partial charge in [-0.3, -0.25) is 0 Å². The van der Waals surface area contributed by atoms with E-state index in [0.717, 1.165) is 16.2 Å². The fourth-order valence-corrected chi connectivity index (χ4v) is 4.72. The van der Waals surface area contributed by atoms with E-state index in [2.05, 4.69) is 20.0 Å². The predicted molar refractivity (Wildman–Crippen MR) is 129 cm³/mol. The molecule has 0 bridgehead atoms. The van der Waals surface area contributed by atoms with Gasteiger partial charge < -0.3 is 24.8 Å². The number of aromatic nitrogens is 4. The van der Waals surface area contributed by atoms with Gasteiger partial charge in [0, 0.05) is 36.6 Å². The number of nitrogens with zero attached hydrogens (tertiary/aromatic N) is 4. The maximum absolute atomic E-state index is 11.0. The third kappa shape index (κ3) is 5.66. The lowest BCUT2D eigenvalue weighted by atomic mass is 10.1. The van der Waals surface area contributed by atoms with Crippen LogP contribution in [0.3, 0.4) is 0 Å². The number of fused-ring (bicyclic) bond motifs is 1. The molecule has 4 rings (SSSR count). The van der Waals surface area contributed by atoms with Gasteiger partial charge in [-0.05, 0) is 30.3 Å². The number of ether oxygens (including phenoxy) is 1. The van der Waals surface area contributed by atoms with Gasteiger partial charge in [-0.1, -0.05) is 11.8 Å². The number of rotatable bonds is 11. The van der Waals surface area contributed by atoms with E-state index in [1.54, 1.807) is 13.4 Å². The van der Waals surface area contributed by atoms with Gasteiger partial charge in [0.1, 0.15) is 17.8 Å². The summed E-state index contributed by atoms with van der Waals surface area (Å²) >= 11 is 1.43. The Balaban J connectivity index is 1.61. The number of imidazole rings is 1. The van der Waals surface area contributed by atoms with Gasteiger partial charge in [-0.25, -0.2) is 24.8 Å². The van der Waals surface area contributed by atoms with Gasteiger partial charge in [0.2, 0.25) is 0 Å². The van der Waals surface area contributed by atoms with Crippen LogP contribution < -0.4 is 25.6 Å². The molecule has 1 aromatic carbocycles. The number of nitrogen functional groups attached to an aromatic ring is 1. The van der Waals surface area contributed by atoms with Gasteiger partial charge in [0.05, 0.1) is 13.4 Å². The largest absolute Gasteiger partial charge is 0.497 e. The second kappa shape index (κ2) is 10.4. The number of benzene rings is 1. The van der Waals surface area contributed by atoms with Crippen LogP contribution in [0.25, 0.3) is 22.5 Å². The Morgan fingerprint density at radius 2 is 2.06 bits per heavy atom. The van der Waals surface area contributed by atoms with Crippen molar-refractivity contribution < 1.29 is 17.6 Å². The fraction of sp³-hybridized carbons (Fsp3) is 0.250.